The van der Waals surface area contributed by atoms with E-state index in [4.69, 9.17) is 21.7 Å². The molecule has 1 N–H and O–H groups in total. The summed E-state index contributed by atoms with van der Waals surface area (Å²) >= 11 is 5.60. The number of ether oxygens (including phenoxy) is 2. The predicted octanol–water partition coefficient (Wildman–Crippen LogP) is 2.93. The molecule has 1 unspecified atom stereocenters. The minimum atomic E-state index is -0.599. The largest absolute Gasteiger partial charge is 0.485 e. The molecule has 0 spiro atoms. The normalized spacial score (nSPS) is 18.3. The first-order valence-electron chi connectivity index (χ1n) is 9.97. The Kier molecular flexibility index (Phi) is 5.85. The highest BCUT2D eigenvalue weighted by Crippen LogP contribution is 2.31. The quantitative estimate of drug-likeness (QED) is 0.784. The van der Waals surface area contributed by atoms with Crippen molar-refractivity contribution in [2.24, 2.45) is 0 Å². The van der Waals surface area contributed by atoms with Crippen LogP contribution in [0.4, 0.5) is 5.69 Å². The van der Waals surface area contributed by atoms with Crippen molar-refractivity contribution >= 4 is 28.9 Å². The summed E-state index contributed by atoms with van der Waals surface area (Å²) in [5, 5.41) is 4.06. The summed E-state index contributed by atoms with van der Waals surface area (Å²) in [5.74, 6) is 1.27. The molecule has 7 heteroatoms. The van der Waals surface area contributed by atoms with Gasteiger partial charge in [0.05, 0.1) is 0 Å². The van der Waals surface area contributed by atoms with Gasteiger partial charge in [-0.05, 0) is 42.4 Å². The van der Waals surface area contributed by atoms with Gasteiger partial charge in [0.2, 0.25) is 6.10 Å². The summed E-state index contributed by atoms with van der Waals surface area (Å²) in [4.78, 5) is 16.8. The number of aryl methyl sites for hydroxylation is 1. The first kappa shape index (κ1) is 19.5. The number of benzene rings is 2. The Morgan fingerprint density at radius 3 is 2.45 bits per heavy atom. The van der Waals surface area contributed by atoms with Gasteiger partial charge in [0, 0.05) is 31.9 Å². The second-order valence-electron chi connectivity index (χ2n) is 7.12. The third-order valence-corrected chi connectivity index (χ3v) is 5.66. The van der Waals surface area contributed by atoms with E-state index in [9.17, 15) is 4.79 Å². The number of anilines is 1. The molecule has 1 fully saturated rings. The summed E-state index contributed by atoms with van der Waals surface area (Å²) in [5.41, 5.74) is 2.28. The zero-order valence-corrected chi connectivity index (χ0v) is 17.3. The smallest absolute Gasteiger partial charge is 0.267 e. The molecule has 2 aromatic rings. The number of rotatable bonds is 3. The Labute approximate surface area is 176 Å². The molecule has 1 saturated heterocycles. The van der Waals surface area contributed by atoms with Gasteiger partial charge in [-0.1, -0.05) is 37.3 Å². The molecular weight excluding hydrogens is 386 g/mol. The lowest BCUT2D eigenvalue weighted by Crippen LogP contribution is -2.55. The molecule has 0 bridgehead atoms. The number of amides is 1. The van der Waals surface area contributed by atoms with Crippen LogP contribution in [0.15, 0.2) is 48.5 Å². The minimum absolute atomic E-state index is 0.0330. The number of hydrogen-bond donors (Lipinski definition) is 1. The number of fused-ring (bicyclic) bond motifs is 1. The van der Waals surface area contributed by atoms with Crippen molar-refractivity contribution in [3.05, 3.63) is 54.1 Å². The van der Waals surface area contributed by atoms with Crippen molar-refractivity contribution in [1.82, 2.24) is 9.80 Å². The number of thiocarbonyl (C=S) groups is 1. The van der Waals surface area contributed by atoms with Gasteiger partial charge in [-0.15, -0.1) is 0 Å². The molecule has 0 radical (unpaired) electrons. The Hall–Kier alpha value is -2.80. The third kappa shape index (κ3) is 4.29. The Bertz CT molecular complexity index is 896. The maximum Gasteiger partial charge on any atom is 0.267 e. The van der Waals surface area contributed by atoms with Crippen molar-refractivity contribution in [1.29, 1.82) is 0 Å². The van der Waals surface area contributed by atoms with Crippen molar-refractivity contribution in [2.75, 3.05) is 38.1 Å². The average molecular weight is 412 g/mol. The lowest BCUT2D eigenvalue weighted by Gasteiger charge is -2.38. The zero-order chi connectivity index (χ0) is 20.2. The molecule has 0 aromatic heterocycles. The Morgan fingerprint density at radius 2 is 1.69 bits per heavy atom. The lowest BCUT2D eigenvalue weighted by atomic mass is 10.1. The summed E-state index contributed by atoms with van der Waals surface area (Å²) in [6.45, 7) is 4.97. The molecule has 1 atom stereocenters. The highest BCUT2D eigenvalue weighted by atomic mass is 32.1. The predicted molar refractivity (Wildman–Crippen MR) is 117 cm³/mol. The van der Waals surface area contributed by atoms with Crippen LogP contribution < -0.4 is 14.8 Å². The van der Waals surface area contributed by atoms with Crippen LogP contribution in [-0.2, 0) is 11.2 Å². The Morgan fingerprint density at radius 1 is 1.03 bits per heavy atom. The fourth-order valence-corrected chi connectivity index (χ4v) is 3.91. The molecule has 2 heterocycles. The van der Waals surface area contributed by atoms with Crippen LogP contribution in [0.2, 0.25) is 0 Å². The summed E-state index contributed by atoms with van der Waals surface area (Å²) < 4.78 is 11.5. The highest BCUT2D eigenvalue weighted by molar-refractivity contribution is 7.80. The van der Waals surface area contributed by atoms with Gasteiger partial charge in [-0.2, -0.15) is 0 Å². The molecule has 1 amide bonds. The van der Waals surface area contributed by atoms with Gasteiger partial charge in [0.1, 0.15) is 6.61 Å². The van der Waals surface area contributed by atoms with Crippen LogP contribution in [0, 0.1) is 0 Å². The number of hydrogen-bond acceptors (Lipinski definition) is 4. The fraction of sp³-hybridized carbons (Fsp3) is 0.364. The van der Waals surface area contributed by atoms with E-state index < -0.39 is 6.10 Å². The molecule has 2 aliphatic rings. The van der Waals surface area contributed by atoms with Gasteiger partial charge < -0.3 is 24.6 Å². The SMILES string of the molecule is CCc1ccccc1NC(=S)N1CCN(C(=O)C2COc3ccccc3O2)CC1. The number of carbonyl (C=O) groups excluding carboxylic acids is 1. The number of nitrogens with zero attached hydrogens (tertiary/aromatic N) is 2. The molecular formula is C22H25N3O3S. The van der Waals surface area contributed by atoms with Crippen LogP contribution in [0.3, 0.4) is 0 Å². The molecule has 152 valence electrons. The van der Waals surface area contributed by atoms with Crippen molar-refractivity contribution in [3.63, 3.8) is 0 Å². The molecule has 0 saturated carbocycles. The first-order chi connectivity index (χ1) is 14.2. The van der Waals surface area contributed by atoms with Crippen molar-refractivity contribution in [3.8, 4) is 11.5 Å². The van der Waals surface area contributed by atoms with E-state index in [1.807, 2.05) is 47.4 Å². The van der Waals surface area contributed by atoms with Gasteiger partial charge in [0.15, 0.2) is 16.6 Å². The second-order valence-corrected chi connectivity index (χ2v) is 7.50. The molecule has 29 heavy (non-hydrogen) atoms. The minimum Gasteiger partial charge on any atom is -0.485 e. The standard InChI is InChI=1S/C22H25N3O3S/c1-2-16-7-3-4-8-17(16)23-22(29)25-13-11-24(12-14-25)21(26)20-15-27-18-9-5-6-10-19(18)28-20/h3-10,20H,2,11-15H2,1H3,(H,23,29). The number of carbonyl (C=O) groups is 1. The second kappa shape index (κ2) is 8.69. The van der Waals surface area contributed by atoms with Crippen LogP contribution in [0.5, 0.6) is 11.5 Å². The van der Waals surface area contributed by atoms with E-state index in [1.165, 1.54) is 5.56 Å². The topological polar surface area (TPSA) is 54.0 Å². The molecule has 6 nitrogen and oxygen atoms in total. The first-order valence-corrected chi connectivity index (χ1v) is 10.4. The van der Waals surface area contributed by atoms with E-state index in [2.05, 4.69) is 23.2 Å². The van der Waals surface area contributed by atoms with Crippen LogP contribution in [0.25, 0.3) is 0 Å². The van der Waals surface area contributed by atoms with E-state index >= 15 is 0 Å². The highest BCUT2D eigenvalue weighted by Gasteiger charge is 2.33. The van der Waals surface area contributed by atoms with Crippen LogP contribution in [0.1, 0.15) is 12.5 Å². The maximum absolute atomic E-state index is 12.9. The van der Waals surface area contributed by atoms with Gasteiger partial charge in [0.25, 0.3) is 5.91 Å². The average Bonchev–Trinajstić information content (AvgIpc) is 2.78. The number of nitrogens with one attached hydrogen (secondary N) is 1. The van der Waals surface area contributed by atoms with E-state index in [0.29, 0.717) is 42.8 Å². The Balaban J connectivity index is 1.31. The monoisotopic (exact) mass is 411 g/mol. The lowest BCUT2D eigenvalue weighted by molar-refractivity contribution is -0.142. The van der Waals surface area contributed by atoms with Crippen molar-refractivity contribution < 1.29 is 14.3 Å². The molecule has 2 aliphatic heterocycles. The summed E-state index contributed by atoms with van der Waals surface area (Å²) in [7, 11) is 0. The fourth-order valence-electron chi connectivity index (χ4n) is 3.62. The molecule has 0 aliphatic carbocycles. The molecule has 2 aromatic carbocycles. The van der Waals surface area contributed by atoms with E-state index in [1.54, 1.807) is 0 Å². The molecule has 4 rings (SSSR count). The van der Waals surface area contributed by atoms with E-state index in [-0.39, 0.29) is 12.5 Å². The van der Waals surface area contributed by atoms with E-state index in [0.717, 1.165) is 12.1 Å². The van der Waals surface area contributed by atoms with Gasteiger partial charge in [-0.25, -0.2) is 0 Å². The maximum atomic E-state index is 12.9. The summed E-state index contributed by atoms with van der Waals surface area (Å²) in [6.07, 6.45) is 0.346. The van der Waals surface area contributed by atoms with Crippen molar-refractivity contribution in [2.45, 2.75) is 19.4 Å². The summed E-state index contributed by atoms with van der Waals surface area (Å²) in [6, 6.07) is 15.6. The number of piperazine rings is 1. The third-order valence-electron chi connectivity index (χ3n) is 5.30. The van der Waals surface area contributed by atoms with Gasteiger partial charge >= 0.3 is 0 Å². The van der Waals surface area contributed by atoms with Gasteiger partial charge in [-0.3, -0.25) is 4.79 Å². The number of para-hydroxylation sites is 3. The zero-order valence-electron chi connectivity index (χ0n) is 16.5. The van der Waals surface area contributed by atoms with Crippen LogP contribution >= 0.6 is 12.2 Å². The van der Waals surface area contributed by atoms with Crippen LogP contribution in [-0.4, -0.2) is 59.7 Å².